The van der Waals surface area contributed by atoms with E-state index in [1.807, 2.05) is 30.3 Å². The number of hydrogen-bond donors (Lipinski definition) is 5. The second-order valence-electron chi connectivity index (χ2n) is 9.76. The number of hydrogen-bond acceptors (Lipinski definition) is 12. The molecule has 1 saturated carbocycles. The van der Waals surface area contributed by atoms with Gasteiger partial charge in [-0.15, -0.1) is 0 Å². The molecule has 204 valence electrons. The molecule has 1 aromatic rings. The van der Waals surface area contributed by atoms with E-state index in [4.69, 9.17) is 28.4 Å². The predicted molar refractivity (Wildman–Crippen MR) is 122 cm³/mol. The van der Waals surface area contributed by atoms with Crippen LogP contribution in [0.15, 0.2) is 36.4 Å². The number of aliphatic hydroxyl groups is 5. The molecule has 0 amide bonds. The molecule has 12 unspecified atom stereocenters. The highest BCUT2D eigenvalue weighted by Crippen LogP contribution is 2.61. The second-order valence-corrected chi connectivity index (χ2v) is 9.76. The minimum atomic E-state index is -1.68. The highest BCUT2D eigenvalue weighted by atomic mass is 16.8. The molecule has 37 heavy (non-hydrogen) atoms. The Morgan fingerprint density at radius 3 is 2.51 bits per heavy atom. The standard InChI is InChI=1S/C25H32O12/c1-32-16-9-13-17(25(11-26)22(37-25)18(13)28)23(35-16)36-24-21(31)20(30)19(29)14(34-24)10-33-15(27)8-7-12-5-3-2-4-6-12/h2-8,13-14,16-24,26,28-31H,9-11H2,1H3. The fourth-order valence-corrected chi connectivity index (χ4v) is 5.60. The lowest BCUT2D eigenvalue weighted by Gasteiger charge is -2.45. The summed E-state index contributed by atoms with van der Waals surface area (Å²) in [5, 5.41) is 52.1. The Bertz CT molecular complexity index is 974. The summed E-state index contributed by atoms with van der Waals surface area (Å²) in [6.07, 6.45) is -7.84. The van der Waals surface area contributed by atoms with Gasteiger partial charge in [0, 0.05) is 31.4 Å². The van der Waals surface area contributed by atoms with Gasteiger partial charge in [-0.3, -0.25) is 0 Å². The van der Waals surface area contributed by atoms with Crippen molar-refractivity contribution in [3.8, 4) is 0 Å². The summed E-state index contributed by atoms with van der Waals surface area (Å²) in [5.74, 6) is -1.68. The maximum absolute atomic E-state index is 12.2. The molecule has 12 heteroatoms. The smallest absolute Gasteiger partial charge is 0.330 e. The minimum absolute atomic E-state index is 0.342. The Labute approximate surface area is 212 Å². The first-order chi connectivity index (χ1) is 17.8. The molecule has 5 N–H and O–H groups in total. The summed E-state index contributed by atoms with van der Waals surface area (Å²) < 4.78 is 33.6. The van der Waals surface area contributed by atoms with Crippen LogP contribution >= 0.6 is 0 Å². The summed E-state index contributed by atoms with van der Waals surface area (Å²) >= 11 is 0. The highest BCUT2D eigenvalue weighted by Gasteiger charge is 2.76. The van der Waals surface area contributed by atoms with Crippen LogP contribution in [-0.2, 0) is 33.2 Å². The van der Waals surface area contributed by atoms with E-state index in [2.05, 4.69) is 0 Å². The summed E-state index contributed by atoms with van der Waals surface area (Å²) in [7, 11) is 1.44. The number of esters is 1. The van der Waals surface area contributed by atoms with Gasteiger partial charge in [-0.05, 0) is 11.6 Å². The number of epoxide rings is 1. The van der Waals surface area contributed by atoms with Gasteiger partial charge in [0.25, 0.3) is 0 Å². The third kappa shape index (κ3) is 4.94. The van der Waals surface area contributed by atoms with Crippen LogP contribution in [0.1, 0.15) is 12.0 Å². The molecule has 12 nitrogen and oxygen atoms in total. The van der Waals surface area contributed by atoms with Crippen molar-refractivity contribution in [2.45, 2.75) is 67.5 Å². The number of ether oxygens (including phenoxy) is 6. The molecular weight excluding hydrogens is 492 g/mol. The van der Waals surface area contributed by atoms with E-state index in [0.717, 1.165) is 5.56 Å². The Kier molecular flexibility index (Phi) is 7.67. The Morgan fingerprint density at radius 2 is 1.81 bits per heavy atom. The fourth-order valence-electron chi connectivity index (χ4n) is 5.60. The highest BCUT2D eigenvalue weighted by molar-refractivity contribution is 5.87. The topological polar surface area (TPSA) is 177 Å². The monoisotopic (exact) mass is 524 g/mol. The van der Waals surface area contributed by atoms with Crippen molar-refractivity contribution < 1.29 is 58.7 Å². The van der Waals surface area contributed by atoms with Gasteiger partial charge >= 0.3 is 5.97 Å². The van der Waals surface area contributed by atoms with Gasteiger partial charge in [-0.2, -0.15) is 0 Å². The molecule has 4 fully saturated rings. The van der Waals surface area contributed by atoms with Gasteiger partial charge in [0.2, 0.25) is 0 Å². The lowest BCUT2D eigenvalue weighted by Crippen LogP contribution is -2.61. The van der Waals surface area contributed by atoms with Gasteiger partial charge in [0.05, 0.1) is 12.7 Å². The average molecular weight is 525 g/mol. The average Bonchev–Trinajstić information content (AvgIpc) is 3.61. The van der Waals surface area contributed by atoms with Crippen LogP contribution in [-0.4, -0.2) is 113 Å². The van der Waals surface area contributed by atoms with Crippen molar-refractivity contribution >= 4 is 12.0 Å². The molecule has 3 saturated heterocycles. The summed E-state index contributed by atoms with van der Waals surface area (Å²) in [6.45, 7) is -0.799. The molecule has 5 rings (SSSR count). The summed E-state index contributed by atoms with van der Waals surface area (Å²) in [4.78, 5) is 12.2. The Hall–Kier alpha value is -1.97. The van der Waals surface area contributed by atoms with E-state index >= 15 is 0 Å². The molecule has 0 radical (unpaired) electrons. The maximum atomic E-state index is 12.2. The lowest BCUT2D eigenvalue weighted by atomic mass is 9.82. The number of aliphatic hydroxyl groups excluding tert-OH is 5. The second kappa shape index (κ2) is 10.7. The molecule has 12 atom stereocenters. The zero-order valence-corrected chi connectivity index (χ0v) is 20.1. The molecule has 3 heterocycles. The number of carbonyl (C=O) groups is 1. The van der Waals surface area contributed by atoms with Gasteiger partial charge in [0.15, 0.2) is 18.9 Å². The largest absolute Gasteiger partial charge is 0.460 e. The van der Waals surface area contributed by atoms with Gasteiger partial charge in [0.1, 0.15) is 42.7 Å². The van der Waals surface area contributed by atoms with Crippen LogP contribution in [0.2, 0.25) is 0 Å². The molecule has 3 aliphatic heterocycles. The van der Waals surface area contributed by atoms with Crippen LogP contribution in [0.25, 0.3) is 6.08 Å². The number of fused-ring (bicyclic) bond motifs is 3. The van der Waals surface area contributed by atoms with E-state index in [9.17, 15) is 30.3 Å². The number of carbonyl (C=O) groups excluding carboxylic acids is 1. The first-order valence-electron chi connectivity index (χ1n) is 12.2. The molecular formula is C25H32O12. The first kappa shape index (κ1) is 26.6. The van der Waals surface area contributed by atoms with Crippen molar-refractivity contribution in [2.75, 3.05) is 20.3 Å². The van der Waals surface area contributed by atoms with Gasteiger partial charge < -0.3 is 54.0 Å². The summed E-state index contributed by atoms with van der Waals surface area (Å²) in [6, 6.07) is 9.10. The van der Waals surface area contributed by atoms with Crippen molar-refractivity contribution in [2.24, 2.45) is 11.8 Å². The van der Waals surface area contributed by atoms with Crippen molar-refractivity contribution in [1.29, 1.82) is 0 Å². The van der Waals surface area contributed by atoms with Crippen molar-refractivity contribution in [3.05, 3.63) is 42.0 Å². The molecule has 0 aromatic heterocycles. The molecule has 4 aliphatic rings. The number of rotatable bonds is 8. The molecule has 0 spiro atoms. The van der Waals surface area contributed by atoms with Crippen molar-refractivity contribution in [1.82, 2.24) is 0 Å². The third-order valence-electron chi connectivity index (χ3n) is 7.64. The Morgan fingerprint density at radius 1 is 1.05 bits per heavy atom. The van der Waals surface area contributed by atoms with Gasteiger partial charge in [-0.25, -0.2) is 4.79 Å². The van der Waals surface area contributed by atoms with Crippen LogP contribution in [0, 0.1) is 11.8 Å². The van der Waals surface area contributed by atoms with E-state index < -0.39 is 79.6 Å². The minimum Gasteiger partial charge on any atom is -0.460 e. The zero-order valence-electron chi connectivity index (χ0n) is 20.1. The van der Waals surface area contributed by atoms with E-state index in [-0.39, 0.29) is 12.5 Å². The molecule has 1 aromatic carbocycles. The van der Waals surface area contributed by atoms with E-state index in [1.165, 1.54) is 13.2 Å². The molecule has 0 bridgehead atoms. The number of methoxy groups -OCH3 is 1. The number of benzene rings is 1. The van der Waals surface area contributed by atoms with E-state index in [1.54, 1.807) is 6.08 Å². The summed E-state index contributed by atoms with van der Waals surface area (Å²) in [5.41, 5.74) is -0.272. The Balaban J connectivity index is 1.25. The van der Waals surface area contributed by atoms with E-state index in [0.29, 0.717) is 6.42 Å². The molecule has 1 aliphatic carbocycles. The van der Waals surface area contributed by atoms with Gasteiger partial charge in [-0.1, -0.05) is 30.3 Å². The van der Waals surface area contributed by atoms with Crippen LogP contribution in [0.5, 0.6) is 0 Å². The van der Waals surface area contributed by atoms with Crippen LogP contribution in [0.4, 0.5) is 0 Å². The van der Waals surface area contributed by atoms with Crippen LogP contribution in [0.3, 0.4) is 0 Å². The zero-order chi connectivity index (χ0) is 26.3. The fraction of sp³-hybridized carbons (Fsp3) is 0.640. The normalized spacial score (nSPS) is 44.9. The van der Waals surface area contributed by atoms with Crippen LogP contribution < -0.4 is 0 Å². The lowest BCUT2D eigenvalue weighted by molar-refractivity contribution is -0.380. The maximum Gasteiger partial charge on any atom is 0.330 e. The SMILES string of the molecule is COC1CC2C(O)C3OC3(CO)C2C(OC2OC(COC(=O)C=Cc3ccccc3)C(O)C(O)C2O)O1. The first-order valence-corrected chi connectivity index (χ1v) is 12.2. The quantitative estimate of drug-likeness (QED) is 0.152. The van der Waals surface area contributed by atoms with Crippen molar-refractivity contribution in [3.63, 3.8) is 0 Å². The predicted octanol–water partition coefficient (Wildman–Crippen LogP) is -1.48. The third-order valence-corrected chi connectivity index (χ3v) is 7.64.